The van der Waals surface area contributed by atoms with Crippen LogP contribution in [0.5, 0.6) is 5.75 Å². The fourth-order valence-corrected chi connectivity index (χ4v) is 1.66. The van der Waals surface area contributed by atoms with Gasteiger partial charge in [0, 0.05) is 5.69 Å². The van der Waals surface area contributed by atoms with Crippen LogP contribution in [-0.2, 0) is 9.53 Å². The first kappa shape index (κ1) is 15.7. The first-order valence-electron chi connectivity index (χ1n) is 5.52. The van der Waals surface area contributed by atoms with Crippen LogP contribution >= 0.6 is 15.9 Å². The Morgan fingerprint density at radius 3 is 2.42 bits per heavy atom. The van der Waals surface area contributed by atoms with Crippen LogP contribution in [0.15, 0.2) is 24.3 Å². The zero-order valence-corrected chi connectivity index (χ0v) is 12.0. The number of anilines is 1. The molecule has 0 aliphatic rings. The smallest absolute Gasteiger partial charge is 0.335 e. The molecule has 0 aliphatic carbocycles. The van der Waals surface area contributed by atoms with Crippen molar-refractivity contribution in [1.29, 1.82) is 0 Å². The Balaban J connectivity index is 2.84. The first-order chi connectivity index (χ1) is 8.88. The van der Waals surface area contributed by atoms with Crippen LogP contribution < -0.4 is 10.1 Å². The molecule has 0 aromatic heterocycles. The van der Waals surface area contributed by atoms with Crippen molar-refractivity contribution in [2.45, 2.75) is 17.8 Å². The number of methoxy groups -OCH3 is 1. The van der Waals surface area contributed by atoms with Gasteiger partial charge < -0.3 is 14.8 Å². The van der Waals surface area contributed by atoms with Crippen LogP contribution in [0, 0.1) is 0 Å². The lowest BCUT2D eigenvalue weighted by atomic mass is 10.2. The normalized spacial score (nSPS) is 12.7. The molecule has 1 rings (SSSR count). The van der Waals surface area contributed by atoms with Gasteiger partial charge in [0.05, 0.1) is 13.7 Å². The topological polar surface area (TPSA) is 47.6 Å². The van der Waals surface area contributed by atoms with Gasteiger partial charge in [0.2, 0.25) is 0 Å². The summed E-state index contributed by atoms with van der Waals surface area (Å²) in [7, 11) is 1.50. The Hall–Kier alpha value is -1.37. The van der Waals surface area contributed by atoms with E-state index in [1.165, 1.54) is 19.2 Å². The van der Waals surface area contributed by atoms with E-state index in [9.17, 15) is 13.6 Å². The number of carbonyl (C=O) groups is 1. The van der Waals surface area contributed by atoms with Crippen LogP contribution in [0.2, 0.25) is 0 Å². The van der Waals surface area contributed by atoms with Gasteiger partial charge in [0.15, 0.2) is 6.04 Å². The molecular formula is C12H14BrF2NO3. The van der Waals surface area contributed by atoms with Crippen molar-refractivity contribution in [3.63, 3.8) is 0 Å². The molecular weight excluding hydrogens is 324 g/mol. The van der Waals surface area contributed by atoms with Gasteiger partial charge in [-0.1, -0.05) is 0 Å². The van der Waals surface area contributed by atoms with Gasteiger partial charge in [-0.2, -0.15) is 8.78 Å². The lowest BCUT2D eigenvalue weighted by Crippen LogP contribution is -2.43. The molecule has 1 aromatic rings. The van der Waals surface area contributed by atoms with E-state index in [1.54, 1.807) is 19.1 Å². The number of alkyl halides is 3. The predicted molar refractivity (Wildman–Crippen MR) is 70.9 cm³/mol. The van der Waals surface area contributed by atoms with Gasteiger partial charge in [-0.05, 0) is 47.1 Å². The van der Waals surface area contributed by atoms with E-state index in [2.05, 4.69) is 26.0 Å². The highest BCUT2D eigenvalue weighted by molar-refractivity contribution is 9.10. The molecule has 7 heteroatoms. The Bertz CT molecular complexity index is 420. The van der Waals surface area contributed by atoms with Gasteiger partial charge in [-0.25, -0.2) is 4.79 Å². The van der Waals surface area contributed by atoms with E-state index < -0.39 is 16.8 Å². The molecule has 106 valence electrons. The number of halogens is 3. The van der Waals surface area contributed by atoms with E-state index in [1.807, 2.05) is 0 Å². The molecule has 0 unspecified atom stereocenters. The van der Waals surface area contributed by atoms with Crippen molar-refractivity contribution in [2.24, 2.45) is 0 Å². The number of rotatable bonds is 6. The number of esters is 1. The Morgan fingerprint density at radius 2 is 2.00 bits per heavy atom. The van der Waals surface area contributed by atoms with Gasteiger partial charge in [0.25, 0.3) is 0 Å². The SMILES string of the molecule is CCOC(=O)[C@@H](Nc1ccc(OC)cc1)C(F)(F)Br. The van der Waals surface area contributed by atoms with Crippen molar-refractivity contribution in [2.75, 3.05) is 19.0 Å². The second-order valence-corrected chi connectivity index (χ2v) is 4.66. The monoisotopic (exact) mass is 337 g/mol. The maximum atomic E-state index is 13.3. The average Bonchev–Trinajstić information content (AvgIpc) is 2.35. The summed E-state index contributed by atoms with van der Waals surface area (Å²) in [5.74, 6) is -0.441. The second kappa shape index (κ2) is 6.70. The number of ether oxygens (including phenoxy) is 2. The van der Waals surface area contributed by atoms with Crippen LogP contribution in [0.3, 0.4) is 0 Å². The third kappa shape index (κ3) is 4.66. The van der Waals surface area contributed by atoms with E-state index in [-0.39, 0.29) is 6.61 Å². The minimum Gasteiger partial charge on any atom is -0.497 e. The molecule has 0 spiro atoms. The number of hydrogen-bond donors (Lipinski definition) is 1. The number of hydrogen-bond acceptors (Lipinski definition) is 4. The van der Waals surface area contributed by atoms with E-state index >= 15 is 0 Å². The fraction of sp³-hybridized carbons (Fsp3) is 0.417. The van der Waals surface area contributed by atoms with E-state index in [0.29, 0.717) is 11.4 Å². The molecule has 0 aliphatic heterocycles. The summed E-state index contributed by atoms with van der Waals surface area (Å²) < 4.78 is 36.2. The minimum absolute atomic E-state index is 0.0305. The molecule has 0 radical (unpaired) electrons. The highest BCUT2D eigenvalue weighted by Crippen LogP contribution is 2.30. The molecule has 0 heterocycles. The third-order valence-electron chi connectivity index (χ3n) is 2.25. The molecule has 0 saturated heterocycles. The lowest BCUT2D eigenvalue weighted by Gasteiger charge is -2.22. The summed E-state index contributed by atoms with van der Waals surface area (Å²) in [5.41, 5.74) is 0.359. The van der Waals surface area contributed by atoms with Gasteiger partial charge >= 0.3 is 10.8 Å². The van der Waals surface area contributed by atoms with E-state index in [0.717, 1.165) is 0 Å². The quantitative estimate of drug-likeness (QED) is 0.640. The summed E-state index contributed by atoms with van der Waals surface area (Å²) in [5, 5.41) is 2.43. The lowest BCUT2D eigenvalue weighted by molar-refractivity contribution is -0.148. The standard InChI is InChI=1S/C12H14BrF2NO3/c1-3-19-11(17)10(12(13,14)15)16-8-4-6-9(18-2)7-5-8/h4-7,10,16H,3H2,1-2H3/t10-/m1/s1. The Kier molecular flexibility index (Phi) is 5.53. The summed E-state index contributed by atoms with van der Waals surface area (Å²) in [6.45, 7) is 1.58. The average molecular weight is 338 g/mol. The summed E-state index contributed by atoms with van der Waals surface area (Å²) in [6, 6.07) is 4.45. The van der Waals surface area contributed by atoms with Crippen LogP contribution in [0.1, 0.15) is 6.92 Å². The molecule has 19 heavy (non-hydrogen) atoms. The largest absolute Gasteiger partial charge is 0.497 e. The highest BCUT2D eigenvalue weighted by atomic mass is 79.9. The molecule has 0 fully saturated rings. The first-order valence-corrected chi connectivity index (χ1v) is 6.31. The van der Waals surface area contributed by atoms with Crippen molar-refractivity contribution in [3.05, 3.63) is 24.3 Å². The Morgan fingerprint density at radius 1 is 1.42 bits per heavy atom. The fourth-order valence-electron chi connectivity index (χ4n) is 1.35. The maximum Gasteiger partial charge on any atom is 0.335 e. The highest BCUT2D eigenvalue weighted by Gasteiger charge is 2.43. The molecule has 0 saturated carbocycles. The van der Waals surface area contributed by atoms with Crippen molar-refractivity contribution in [3.8, 4) is 5.75 Å². The van der Waals surface area contributed by atoms with Gasteiger partial charge in [-0.3, -0.25) is 0 Å². The second-order valence-electron chi connectivity index (χ2n) is 3.60. The molecule has 0 bridgehead atoms. The van der Waals surface area contributed by atoms with Crippen molar-refractivity contribution >= 4 is 27.6 Å². The van der Waals surface area contributed by atoms with Crippen molar-refractivity contribution < 1.29 is 23.0 Å². The van der Waals surface area contributed by atoms with Crippen LogP contribution in [0.4, 0.5) is 14.5 Å². The number of nitrogens with one attached hydrogen (secondary N) is 1. The van der Waals surface area contributed by atoms with Gasteiger partial charge in [0.1, 0.15) is 5.75 Å². The summed E-state index contributed by atoms with van der Waals surface area (Å²) >= 11 is 2.18. The van der Waals surface area contributed by atoms with Gasteiger partial charge in [-0.15, -0.1) is 0 Å². The maximum absolute atomic E-state index is 13.3. The molecule has 1 atom stereocenters. The minimum atomic E-state index is -3.42. The van der Waals surface area contributed by atoms with Crippen LogP contribution in [0.25, 0.3) is 0 Å². The van der Waals surface area contributed by atoms with Crippen LogP contribution in [-0.4, -0.2) is 30.6 Å². The molecule has 4 nitrogen and oxygen atoms in total. The van der Waals surface area contributed by atoms with Crippen molar-refractivity contribution in [1.82, 2.24) is 0 Å². The number of carbonyl (C=O) groups excluding carboxylic acids is 1. The molecule has 0 amide bonds. The van der Waals surface area contributed by atoms with E-state index in [4.69, 9.17) is 4.74 Å². The summed E-state index contributed by atoms with van der Waals surface area (Å²) in [6.07, 6.45) is 0. The Labute approximate surface area is 118 Å². The number of benzene rings is 1. The summed E-state index contributed by atoms with van der Waals surface area (Å²) in [4.78, 5) is 8.08. The predicted octanol–water partition coefficient (Wildman–Crippen LogP) is 3.03. The molecule has 1 aromatic carbocycles. The third-order valence-corrected chi connectivity index (χ3v) is 2.71. The molecule has 1 N–H and O–H groups in total. The zero-order chi connectivity index (χ0) is 14.5. The zero-order valence-electron chi connectivity index (χ0n) is 10.5.